The van der Waals surface area contributed by atoms with Crippen LogP contribution in [-0.2, 0) is 4.79 Å². The number of fused-ring (bicyclic) bond motifs is 1. The molecule has 0 radical (unpaired) electrons. The molecule has 2 aromatic carbocycles. The molecule has 2 heterocycles. The number of nitrogens with zero attached hydrogens (tertiary/aromatic N) is 3. The van der Waals surface area contributed by atoms with E-state index >= 15 is 0 Å². The van der Waals surface area contributed by atoms with Crippen molar-refractivity contribution in [3.05, 3.63) is 65.8 Å². The Hall–Kier alpha value is -3.22. The van der Waals surface area contributed by atoms with Crippen molar-refractivity contribution in [1.29, 1.82) is 0 Å². The van der Waals surface area contributed by atoms with Gasteiger partial charge in [-0.15, -0.1) is 11.6 Å². The van der Waals surface area contributed by atoms with Crippen molar-refractivity contribution in [2.45, 2.75) is 0 Å². The molecule has 0 spiro atoms. The van der Waals surface area contributed by atoms with Gasteiger partial charge in [0.05, 0.1) is 16.9 Å². The third-order valence-electron chi connectivity index (χ3n) is 4.22. The van der Waals surface area contributed by atoms with Gasteiger partial charge in [-0.25, -0.2) is 15.0 Å². The second-order valence-electron chi connectivity index (χ2n) is 6.21. The Bertz CT molecular complexity index is 1210. The molecule has 4 rings (SSSR count). The first-order valence-electron chi connectivity index (χ1n) is 8.63. The highest BCUT2D eigenvalue weighted by atomic mass is 35.5. The fraction of sp³-hybridized carbons (Fsp3) is 0.0476. The van der Waals surface area contributed by atoms with Crippen molar-refractivity contribution < 1.29 is 9.90 Å². The normalized spacial score (nSPS) is 10.8. The highest BCUT2D eigenvalue weighted by molar-refractivity contribution is 6.32. The molecule has 0 bridgehead atoms. The molecule has 0 saturated carbocycles. The number of aromatic nitrogens is 3. The summed E-state index contributed by atoms with van der Waals surface area (Å²) < 4.78 is 0. The van der Waals surface area contributed by atoms with E-state index in [1.807, 2.05) is 30.3 Å². The zero-order valence-corrected chi connectivity index (χ0v) is 16.4. The SMILES string of the molecule is O=C(CCl)Nc1nc(-c2ccc(O)cc2)cc(-c2cc3ccccc3nc2Cl)n1. The Morgan fingerprint density at radius 3 is 2.45 bits per heavy atom. The van der Waals surface area contributed by atoms with E-state index in [0.29, 0.717) is 17.0 Å². The molecule has 1 amide bonds. The van der Waals surface area contributed by atoms with Crippen LogP contribution in [0.3, 0.4) is 0 Å². The molecule has 0 saturated heterocycles. The van der Waals surface area contributed by atoms with E-state index in [9.17, 15) is 9.90 Å². The molecule has 144 valence electrons. The van der Waals surface area contributed by atoms with E-state index in [2.05, 4.69) is 20.3 Å². The smallest absolute Gasteiger partial charge is 0.241 e. The highest BCUT2D eigenvalue weighted by Gasteiger charge is 2.14. The van der Waals surface area contributed by atoms with Crippen molar-refractivity contribution in [2.75, 3.05) is 11.2 Å². The number of hydrogen-bond acceptors (Lipinski definition) is 5. The number of anilines is 1. The summed E-state index contributed by atoms with van der Waals surface area (Å²) in [5, 5.41) is 13.3. The summed E-state index contributed by atoms with van der Waals surface area (Å²) in [5.41, 5.74) is 3.15. The summed E-state index contributed by atoms with van der Waals surface area (Å²) in [6, 6.07) is 17.8. The first kappa shape index (κ1) is 19.1. The molecule has 0 fully saturated rings. The maximum atomic E-state index is 11.8. The predicted molar refractivity (Wildman–Crippen MR) is 114 cm³/mol. The molecule has 4 aromatic rings. The number of para-hydroxylation sites is 1. The van der Waals surface area contributed by atoms with Crippen molar-refractivity contribution >= 4 is 46.0 Å². The molecule has 2 aromatic heterocycles. The number of carbonyl (C=O) groups excluding carboxylic acids is 1. The molecule has 0 atom stereocenters. The average Bonchev–Trinajstić information content (AvgIpc) is 2.73. The third-order valence-corrected chi connectivity index (χ3v) is 4.75. The minimum absolute atomic E-state index is 0.0976. The summed E-state index contributed by atoms with van der Waals surface area (Å²) in [6.45, 7) is 0. The van der Waals surface area contributed by atoms with Gasteiger partial charge in [-0.05, 0) is 42.5 Å². The van der Waals surface area contributed by atoms with Crippen molar-refractivity contribution in [3.63, 3.8) is 0 Å². The van der Waals surface area contributed by atoms with E-state index in [-0.39, 0.29) is 22.7 Å². The first-order chi connectivity index (χ1) is 14.0. The molecular formula is C21H14Cl2N4O2. The molecule has 6 nitrogen and oxygen atoms in total. The number of benzene rings is 2. The van der Waals surface area contributed by atoms with Crippen LogP contribution in [0, 0.1) is 0 Å². The van der Waals surface area contributed by atoms with Gasteiger partial charge in [0.15, 0.2) is 0 Å². The number of phenolic OH excluding ortho intramolecular Hbond substituents is 1. The first-order valence-corrected chi connectivity index (χ1v) is 9.55. The maximum absolute atomic E-state index is 11.8. The lowest BCUT2D eigenvalue weighted by molar-refractivity contribution is -0.114. The summed E-state index contributed by atoms with van der Waals surface area (Å²) in [6.07, 6.45) is 0. The van der Waals surface area contributed by atoms with E-state index in [1.165, 1.54) is 0 Å². The molecule has 0 aliphatic rings. The fourth-order valence-corrected chi connectivity index (χ4v) is 3.16. The molecule has 0 aliphatic carbocycles. The lowest BCUT2D eigenvalue weighted by atomic mass is 10.1. The van der Waals surface area contributed by atoms with Crippen LogP contribution in [-0.4, -0.2) is 31.8 Å². The highest BCUT2D eigenvalue weighted by Crippen LogP contribution is 2.32. The van der Waals surface area contributed by atoms with Crippen molar-refractivity contribution in [3.8, 4) is 28.3 Å². The molecule has 0 unspecified atom stereocenters. The Morgan fingerprint density at radius 2 is 1.69 bits per heavy atom. The fourth-order valence-electron chi connectivity index (χ4n) is 2.85. The number of phenols is 1. The molecule has 29 heavy (non-hydrogen) atoms. The maximum Gasteiger partial charge on any atom is 0.241 e. The largest absolute Gasteiger partial charge is 0.508 e. The summed E-state index contributed by atoms with van der Waals surface area (Å²) in [7, 11) is 0. The van der Waals surface area contributed by atoms with Gasteiger partial charge >= 0.3 is 0 Å². The van der Waals surface area contributed by atoms with Crippen molar-refractivity contribution in [1.82, 2.24) is 15.0 Å². The number of aromatic hydroxyl groups is 1. The van der Waals surface area contributed by atoms with Gasteiger partial charge in [-0.1, -0.05) is 29.8 Å². The topological polar surface area (TPSA) is 88.0 Å². The van der Waals surface area contributed by atoms with Crippen LogP contribution < -0.4 is 5.32 Å². The van der Waals surface area contributed by atoms with Crippen LogP contribution >= 0.6 is 23.2 Å². The average molecular weight is 425 g/mol. The lowest BCUT2D eigenvalue weighted by Crippen LogP contribution is -2.15. The predicted octanol–water partition coefficient (Wildman–Crippen LogP) is 4.90. The van der Waals surface area contributed by atoms with Crippen LogP contribution in [0.2, 0.25) is 5.15 Å². The molecule has 0 aliphatic heterocycles. The minimum atomic E-state index is -0.428. The Labute approximate surface area is 176 Å². The van der Waals surface area contributed by atoms with Crippen LogP contribution in [0.4, 0.5) is 5.95 Å². The van der Waals surface area contributed by atoms with Gasteiger partial charge in [0.2, 0.25) is 11.9 Å². The summed E-state index contributed by atoms with van der Waals surface area (Å²) >= 11 is 12.0. The third kappa shape index (κ3) is 4.13. The number of hydrogen-bond donors (Lipinski definition) is 2. The van der Waals surface area contributed by atoms with Gasteiger partial charge in [0, 0.05) is 16.5 Å². The number of alkyl halides is 1. The Balaban J connectivity index is 1.89. The van der Waals surface area contributed by atoms with Crippen LogP contribution in [0.1, 0.15) is 0 Å². The van der Waals surface area contributed by atoms with Crippen LogP contribution in [0.5, 0.6) is 5.75 Å². The molecule has 8 heteroatoms. The Kier molecular flexibility index (Phi) is 5.29. The standard InChI is InChI=1S/C21H14Cl2N4O2/c22-11-19(29)27-21-25-17(12-5-7-14(28)8-6-12)10-18(26-21)15-9-13-3-1-2-4-16(13)24-20(15)23/h1-10,28H,11H2,(H,25,26,27,29). The second-order valence-corrected chi connectivity index (χ2v) is 6.84. The Morgan fingerprint density at radius 1 is 0.966 bits per heavy atom. The number of rotatable bonds is 4. The van der Waals surface area contributed by atoms with Gasteiger partial charge < -0.3 is 5.11 Å². The zero-order valence-electron chi connectivity index (χ0n) is 14.9. The number of pyridine rings is 1. The van der Waals surface area contributed by atoms with E-state index < -0.39 is 5.91 Å². The summed E-state index contributed by atoms with van der Waals surface area (Å²) in [5.74, 6) is -0.412. The van der Waals surface area contributed by atoms with E-state index in [4.69, 9.17) is 23.2 Å². The second kappa shape index (κ2) is 8.03. The molecule has 2 N–H and O–H groups in total. The lowest BCUT2D eigenvalue weighted by Gasteiger charge is -2.11. The van der Waals surface area contributed by atoms with Gasteiger partial charge in [0.1, 0.15) is 16.8 Å². The quantitative estimate of drug-likeness (QED) is 0.359. The van der Waals surface area contributed by atoms with Gasteiger partial charge in [-0.2, -0.15) is 0 Å². The van der Waals surface area contributed by atoms with Crippen LogP contribution in [0.15, 0.2) is 60.7 Å². The van der Waals surface area contributed by atoms with Gasteiger partial charge in [-0.3, -0.25) is 10.1 Å². The van der Waals surface area contributed by atoms with Crippen LogP contribution in [0.25, 0.3) is 33.4 Å². The minimum Gasteiger partial charge on any atom is -0.508 e. The number of halogens is 2. The van der Waals surface area contributed by atoms with Crippen molar-refractivity contribution in [2.24, 2.45) is 0 Å². The summed E-state index contributed by atoms with van der Waals surface area (Å²) in [4.78, 5) is 25.0. The molecular weight excluding hydrogens is 411 g/mol. The van der Waals surface area contributed by atoms with Gasteiger partial charge in [0.25, 0.3) is 0 Å². The zero-order chi connectivity index (χ0) is 20.4. The number of nitrogens with one attached hydrogen (secondary N) is 1. The number of carbonyl (C=O) groups is 1. The monoisotopic (exact) mass is 424 g/mol. The van der Waals surface area contributed by atoms with E-state index in [1.54, 1.807) is 30.3 Å². The number of amides is 1. The van der Waals surface area contributed by atoms with E-state index in [0.717, 1.165) is 16.5 Å².